The van der Waals surface area contributed by atoms with Crippen LogP contribution in [0.3, 0.4) is 0 Å². The van der Waals surface area contributed by atoms with Crippen LogP contribution < -0.4 is 5.73 Å². The Morgan fingerprint density at radius 2 is 1.79 bits per heavy atom. The van der Waals surface area contributed by atoms with Gasteiger partial charge in [-0.15, -0.1) is 0 Å². The summed E-state index contributed by atoms with van der Waals surface area (Å²) in [6, 6.07) is -0.0569. The largest absolute Gasteiger partial charge is 0.347 e. The molecule has 0 aliphatic heterocycles. The molecule has 1 aliphatic rings. The molecule has 1 saturated carbocycles. The Morgan fingerprint density at radius 1 is 1.16 bits per heavy atom. The number of hydrogen-bond acceptors (Lipinski definition) is 3. The molecule has 2 N–H and O–H groups in total. The summed E-state index contributed by atoms with van der Waals surface area (Å²) in [5.41, 5.74) is 6.12. The van der Waals surface area contributed by atoms with Crippen LogP contribution >= 0.6 is 0 Å². The molecule has 5 heteroatoms. The highest BCUT2D eigenvalue weighted by molar-refractivity contribution is 5.86. The average molecular weight is 269 g/mol. The summed E-state index contributed by atoms with van der Waals surface area (Å²) < 4.78 is 0. The summed E-state index contributed by atoms with van der Waals surface area (Å²) in [4.78, 5) is 27.4. The quantitative estimate of drug-likeness (QED) is 0.769. The van der Waals surface area contributed by atoms with Crippen LogP contribution in [-0.2, 0) is 9.59 Å². The first-order valence-corrected chi connectivity index (χ1v) is 7.21. The maximum Gasteiger partial charge on any atom is 0.241 e. The van der Waals surface area contributed by atoms with Crippen molar-refractivity contribution in [2.75, 3.05) is 27.2 Å². The molecule has 0 heterocycles. The highest BCUT2D eigenvalue weighted by Crippen LogP contribution is 2.24. The van der Waals surface area contributed by atoms with E-state index in [-0.39, 0.29) is 30.3 Å². The molecule has 1 fully saturated rings. The summed E-state index contributed by atoms with van der Waals surface area (Å²) >= 11 is 0. The average Bonchev–Trinajstić information content (AvgIpc) is 2.59. The third kappa shape index (κ3) is 4.49. The zero-order valence-corrected chi connectivity index (χ0v) is 12.4. The molecule has 2 unspecified atom stereocenters. The molecule has 0 saturated heterocycles. The van der Waals surface area contributed by atoms with Crippen molar-refractivity contribution < 1.29 is 9.59 Å². The molecule has 0 spiro atoms. The monoisotopic (exact) mass is 269 g/mol. The van der Waals surface area contributed by atoms with Crippen LogP contribution in [0.1, 0.15) is 39.0 Å². The number of likely N-dealkylation sites (N-methyl/N-ethyl adjacent to an activating group) is 2. The van der Waals surface area contributed by atoms with Gasteiger partial charge in [0.05, 0.1) is 12.5 Å². The first-order chi connectivity index (χ1) is 8.97. The van der Waals surface area contributed by atoms with Crippen LogP contribution in [0.25, 0.3) is 0 Å². The van der Waals surface area contributed by atoms with Crippen LogP contribution in [0.15, 0.2) is 0 Å². The molecule has 0 aromatic rings. The number of rotatable bonds is 4. The first kappa shape index (κ1) is 16.0. The molecule has 2 amide bonds. The van der Waals surface area contributed by atoms with Gasteiger partial charge in [0.25, 0.3) is 0 Å². The Kier molecular flexibility index (Phi) is 6.28. The second kappa shape index (κ2) is 7.48. The predicted octanol–water partition coefficient (Wildman–Crippen LogP) is 0.831. The van der Waals surface area contributed by atoms with Gasteiger partial charge in [-0.1, -0.05) is 19.3 Å². The third-order valence-corrected chi connectivity index (χ3v) is 3.90. The van der Waals surface area contributed by atoms with Crippen molar-refractivity contribution in [3.63, 3.8) is 0 Å². The van der Waals surface area contributed by atoms with Gasteiger partial charge in [0, 0.05) is 26.7 Å². The van der Waals surface area contributed by atoms with Gasteiger partial charge in [0.15, 0.2) is 0 Å². The lowest BCUT2D eigenvalue weighted by Gasteiger charge is -2.29. The SMILES string of the molecule is CCN(CC(=O)N(C)C)C(=O)C1CCCCCC1N. The van der Waals surface area contributed by atoms with E-state index in [1.807, 2.05) is 6.92 Å². The Labute approximate surface area is 116 Å². The molecule has 0 aromatic carbocycles. The third-order valence-electron chi connectivity index (χ3n) is 3.90. The molecule has 1 rings (SSSR count). The highest BCUT2D eigenvalue weighted by atomic mass is 16.2. The van der Waals surface area contributed by atoms with Gasteiger partial charge >= 0.3 is 0 Å². The minimum absolute atomic E-state index is 0.0441. The number of nitrogens with two attached hydrogens (primary N) is 1. The minimum atomic E-state index is -0.114. The van der Waals surface area contributed by atoms with Gasteiger partial charge < -0.3 is 15.5 Å². The number of carbonyl (C=O) groups excluding carboxylic acids is 2. The first-order valence-electron chi connectivity index (χ1n) is 7.21. The van der Waals surface area contributed by atoms with E-state index in [0.29, 0.717) is 6.54 Å². The molecule has 1 aliphatic carbocycles. The minimum Gasteiger partial charge on any atom is -0.347 e. The van der Waals surface area contributed by atoms with E-state index in [9.17, 15) is 9.59 Å². The van der Waals surface area contributed by atoms with Crippen LogP contribution in [0.5, 0.6) is 0 Å². The lowest BCUT2D eigenvalue weighted by Crippen LogP contribution is -2.47. The molecule has 2 atom stereocenters. The van der Waals surface area contributed by atoms with Crippen LogP contribution in [0, 0.1) is 5.92 Å². The number of hydrogen-bond donors (Lipinski definition) is 1. The van der Waals surface area contributed by atoms with Crippen molar-refractivity contribution in [1.29, 1.82) is 0 Å². The number of carbonyl (C=O) groups is 2. The van der Waals surface area contributed by atoms with Crippen LogP contribution in [0.4, 0.5) is 0 Å². The number of nitrogens with zero attached hydrogens (tertiary/aromatic N) is 2. The fraction of sp³-hybridized carbons (Fsp3) is 0.857. The van der Waals surface area contributed by atoms with Crippen molar-refractivity contribution in [1.82, 2.24) is 9.80 Å². The summed E-state index contributed by atoms with van der Waals surface area (Å²) in [7, 11) is 3.41. The normalized spacial score (nSPS) is 23.6. The van der Waals surface area contributed by atoms with Crippen LogP contribution in [0.2, 0.25) is 0 Å². The van der Waals surface area contributed by atoms with Gasteiger partial charge in [0.2, 0.25) is 11.8 Å². The smallest absolute Gasteiger partial charge is 0.241 e. The van der Waals surface area contributed by atoms with E-state index < -0.39 is 0 Å². The Morgan fingerprint density at radius 3 is 2.37 bits per heavy atom. The van der Waals surface area contributed by atoms with Gasteiger partial charge in [-0.3, -0.25) is 9.59 Å². The maximum atomic E-state index is 12.5. The molecule has 0 bridgehead atoms. The molecular formula is C14H27N3O2. The summed E-state index contributed by atoms with van der Waals surface area (Å²) in [6.07, 6.45) is 5.08. The summed E-state index contributed by atoms with van der Waals surface area (Å²) in [5, 5.41) is 0. The molecule has 0 aromatic heterocycles. The highest BCUT2D eigenvalue weighted by Gasteiger charge is 2.30. The standard InChI is InChI=1S/C14H27N3O2/c1-4-17(10-13(18)16(2)3)14(19)11-8-6-5-7-9-12(11)15/h11-12H,4-10,15H2,1-3H3. The van der Waals surface area contributed by atoms with Crippen molar-refractivity contribution in [3.05, 3.63) is 0 Å². The lowest BCUT2D eigenvalue weighted by molar-refractivity contribution is -0.142. The zero-order chi connectivity index (χ0) is 14.4. The number of amides is 2. The fourth-order valence-corrected chi connectivity index (χ4v) is 2.53. The van der Waals surface area contributed by atoms with Crippen molar-refractivity contribution in [2.24, 2.45) is 11.7 Å². The van der Waals surface area contributed by atoms with E-state index in [0.717, 1.165) is 32.1 Å². The molecule has 5 nitrogen and oxygen atoms in total. The lowest BCUT2D eigenvalue weighted by atomic mass is 9.94. The molecular weight excluding hydrogens is 242 g/mol. The van der Waals surface area contributed by atoms with Crippen molar-refractivity contribution >= 4 is 11.8 Å². The molecule has 110 valence electrons. The van der Waals surface area contributed by atoms with E-state index in [2.05, 4.69) is 0 Å². The maximum absolute atomic E-state index is 12.5. The summed E-state index contributed by atoms with van der Waals surface area (Å²) in [6.45, 7) is 2.62. The summed E-state index contributed by atoms with van der Waals surface area (Å²) in [5.74, 6) is -0.109. The van der Waals surface area contributed by atoms with Gasteiger partial charge in [-0.25, -0.2) is 0 Å². The Hall–Kier alpha value is -1.10. The molecule has 0 radical (unpaired) electrons. The Bertz CT molecular complexity index is 318. The van der Waals surface area contributed by atoms with E-state index in [1.165, 1.54) is 4.90 Å². The zero-order valence-electron chi connectivity index (χ0n) is 12.4. The van der Waals surface area contributed by atoms with Gasteiger partial charge in [-0.05, 0) is 19.8 Å². The van der Waals surface area contributed by atoms with E-state index >= 15 is 0 Å². The van der Waals surface area contributed by atoms with Crippen LogP contribution in [-0.4, -0.2) is 54.8 Å². The fourth-order valence-electron chi connectivity index (χ4n) is 2.53. The molecule has 19 heavy (non-hydrogen) atoms. The topological polar surface area (TPSA) is 66.6 Å². The van der Waals surface area contributed by atoms with E-state index in [4.69, 9.17) is 5.73 Å². The van der Waals surface area contributed by atoms with Crippen molar-refractivity contribution in [3.8, 4) is 0 Å². The Balaban J connectivity index is 2.68. The van der Waals surface area contributed by atoms with Gasteiger partial charge in [0.1, 0.15) is 0 Å². The predicted molar refractivity (Wildman–Crippen MR) is 75.5 cm³/mol. The van der Waals surface area contributed by atoms with E-state index in [1.54, 1.807) is 19.0 Å². The second-order valence-corrected chi connectivity index (χ2v) is 5.55. The second-order valence-electron chi connectivity index (χ2n) is 5.55. The van der Waals surface area contributed by atoms with Gasteiger partial charge in [-0.2, -0.15) is 0 Å². The van der Waals surface area contributed by atoms with Crippen molar-refractivity contribution in [2.45, 2.75) is 45.1 Å².